The standard InChI is InChI=1S/C10H21BrClO4P/c11-9-7-5-3-1-2-4-6-8-10-15-17(13,14)16-12/h1-10H2,(H,13,14). The zero-order chi connectivity index (χ0) is 13.0. The van der Waals surface area contributed by atoms with Gasteiger partial charge in [0.2, 0.25) is 0 Å². The van der Waals surface area contributed by atoms with Crippen LogP contribution in [0.15, 0.2) is 0 Å². The highest BCUT2D eigenvalue weighted by molar-refractivity contribution is 9.09. The molecule has 0 rings (SSSR count). The Balaban J connectivity index is 3.11. The summed E-state index contributed by atoms with van der Waals surface area (Å²) >= 11 is 8.18. The van der Waals surface area contributed by atoms with Gasteiger partial charge in [0.25, 0.3) is 0 Å². The van der Waals surface area contributed by atoms with E-state index in [0.717, 1.165) is 24.6 Å². The van der Waals surface area contributed by atoms with E-state index in [0.29, 0.717) is 0 Å². The first kappa shape index (κ1) is 17.9. The van der Waals surface area contributed by atoms with Crippen LogP contribution in [-0.4, -0.2) is 16.8 Å². The Labute approximate surface area is 117 Å². The fourth-order valence-corrected chi connectivity index (χ4v) is 2.37. The number of hydrogen-bond acceptors (Lipinski definition) is 3. The number of phosphoric acid groups is 1. The van der Waals surface area contributed by atoms with E-state index in [9.17, 15) is 4.57 Å². The fourth-order valence-electron chi connectivity index (χ4n) is 1.46. The van der Waals surface area contributed by atoms with Gasteiger partial charge in [-0.25, -0.2) is 4.57 Å². The highest BCUT2D eigenvalue weighted by Gasteiger charge is 2.19. The molecule has 1 unspecified atom stereocenters. The van der Waals surface area contributed by atoms with Crippen molar-refractivity contribution in [2.45, 2.75) is 51.4 Å². The van der Waals surface area contributed by atoms with Gasteiger partial charge in [-0.2, -0.15) is 4.08 Å². The lowest BCUT2D eigenvalue weighted by Crippen LogP contribution is -1.93. The molecule has 0 aliphatic carbocycles. The second-order valence-corrected chi connectivity index (χ2v) is 6.43. The molecule has 0 saturated heterocycles. The zero-order valence-electron chi connectivity index (χ0n) is 9.95. The van der Waals surface area contributed by atoms with Crippen molar-refractivity contribution < 1.29 is 18.1 Å². The highest BCUT2D eigenvalue weighted by atomic mass is 79.9. The average molecular weight is 352 g/mol. The molecule has 4 nitrogen and oxygen atoms in total. The minimum atomic E-state index is -3.99. The lowest BCUT2D eigenvalue weighted by molar-refractivity contribution is 0.204. The maximum Gasteiger partial charge on any atom is 0.488 e. The van der Waals surface area contributed by atoms with Gasteiger partial charge in [-0.3, -0.25) is 4.52 Å². The van der Waals surface area contributed by atoms with Gasteiger partial charge in [-0.1, -0.05) is 54.5 Å². The van der Waals surface area contributed by atoms with Crippen LogP contribution in [0, 0.1) is 0 Å². The summed E-state index contributed by atoms with van der Waals surface area (Å²) in [4.78, 5) is 8.82. The number of alkyl halides is 1. The van der Waals surface area contributed by atoms with Crippen LogP contribution in [-0.2, 0) is 13.2 Å². The molecule has 0 saturated carbocycles. The zero-order valence-corrected chi connectivity index (χ0v) is 13.2. The van der Waals surface area contributed by atoms with Gasteiger partial charge in [0.1, 0.15) is 0 Å². The van der Waals surface area contributed by atoms with Crippen LogP contribution >= 0.6 is 35.6 Å². The third kappa shape index (κ3) is 13.1. The van der Waals surface area contributed by atoms with Crippen molar-refractivity contribution >= 4 is 35.6 Å². The van der Waals surface area contributed by atoms with Crippen LogP contribution in [0.1, 0.15) is 51.4 Å². The molecule has 17 heavy (non-hydrogen) atoms. The minimum Gasteiger partial charge on any atom is -0.302 e. The van der Waals surface area contributed by atoms with Crippen molar-refractivity contribution in [1.82, 2.24) is 0 Å². The molecule has 0 bridgehead atoms. The molecule has 0 aliphatic heterocycles. The summed E-state index contributed by atoms with van der Waals surface area (Å²) in [5.41, 5.74) is 0. The molecule has 0 aromatic rings. The molecule has 0 amide bonds. The van der Waals surface area contributed by atoms with Gasteiger partial charge >= 0.3 is 7.82 Å². The lowest BCUT2D eigenvalue weighted by atomic mass is 10.1. The van der Waals surface area contributed by atoms with Gasteiger partial charge in [0.15, 0.2) is 0 Å². The molecule has 0 fully saturated rings. The van der Waals surface area contributed by atoms with Crippen molar-refractivity contribution in [3.05, 3.63) is 0 Å². The van der Waals surface area contributed by atoms with E-state index >= 15 is 0 Å². The quantitative estimate of drug-likeness (QED) is 0.312. The van der Waals surface area contributed by atoms with Crippen LogP contribution in [0.2, 0.25) is 0 Å². The maximum atomic E-state index is 10.8. The van der Waals surface area contributed by atoms with Crippen LogP contribution in [0.4, 0.5) is 0 Å². The molecule has 1 N–H and O–H groups in total. The number of phosphoric ester groups is 1. The maximum absolute atomic E-state index is 10.8. The predicted octanol–water partition coefficient (Wildman–Crippen LogP) is 4.79. The summed E-state index contributed by atoms with van der Waals surface area (Å²) in [7, 11) is -3.99. The summed E-state index contributed by atoms with van der Waals surface area (Å²) < 4.78 is 19.2. The smallest absolute Gasteiger partial charge is 0.302 e. The summed E-state index contributed by atoms with van der Waals surface area (Å²) in [5, 5.41) is 1.09. The van der Waals surface area contributed by atoms with E-state index in [1.165, 1.54) is 32.1 Å². The van der Waals surface area contributed by atoms with Crippen LogP contribution in [0.5, 0.6) is 0 Å². The highest BCUT2D eigenvalue weighted by Crippen LogP contribution is 2.44. The summed E-state index contributed by atoms with van der Waals surface area (Å²) in [6.45, 7) is 0.212. The Kier molecular flexibility index (Phi) is 12.6. The molecular weight excluding hydrogens is 330 g/mol. The average Bonchev–Trinajstić information content (AvgIpc) is 2.31. The molecule has 1 atom stereocenters. The van der Waals surface area contributed by atoms with Crippen LogP contribution < -0.4 is 0 Å². The molecule has 0 heterocycles. The third-order valence-electron chi connectivity index (χ3n) is 2.37. The van der Waals surface area contributed by atoms with Crippen molar-refractivity contribution in [1.29, 1.82) is 0 Å². The van der Waals surface area contributed by atoms with E-state index in [2.05, 4.69) is 24.5 Å². The topological polar surface area (TPSA) is 55.8 Å². The van der Waals surface area contributed by atoms with E-state index in [1.807, 2.05) is 0 Å². The second-order valence-electron chi connectivity index (χ2n) is 3.89. The molecule has 0 aliphatic rings. The van der Waals surface area contributed by atoms with E-state index in [1.54, 1.807) is 0 Å². The van der Waals surface area contributed by atoms with Gasteiger partial charge in [-0.05, 0) is 12.8 Å². The number of unbranched alkanes of at least 4 members (excludes halogenated alkanes) is 7. The first-order chi connectivity index (χ1) is 8.12. The largest absolute Gasteiger partial charge is 0.488 e. The first-order valence-electron chi connectivity index (χ1n) is 5.96. The normalized spacial score (nSPS) is 14.8. The predicted molar refractivity (Wildman–Crippen MR) is 73.4 cm³/mol. The second kappa shape index (κ2) is 11.9. The molecule has 0 radical (unpaired) electrons. The first-order valence-corrected chi connectivity index (χ1v) is 8.88. The van der Waals surface area contributed by atoms with Crippen molar-refractivity contribution in [3.8, 4) is 0 Å². The monoisotopic (exact) mass is 350 g/mol. The number of rotatable bonds is 12. The third-order valence-corrected chi connectivity index (χ3v) is 4.14. The van der Waals surface area contributed by atoms with E-state index in [-0.39, 0.29) is 6.61 Å². The Morgan fingerprint density at radius 3 is 1.94 bits per heavy atom. The minimum absolute atomic E-state index is 0.212. The van der Waals surface area contributed by atoms with Crippen molar-refractivity contribution in [2.75, 3.05) is 11.9 Å². The fraction of sp³-hybridized carbons (Fsp3) is 1.00. The Morgan fingerprint density at radius 1 is 1.00 bits per heavy atom. The summed E-state index contributed by atoms with van der Waals surface area (Å²) in [6, 6.07) is 0. The van der Waals surface area contributed by atoms with Gasteiger partial charge in [-0.15, -0.1) is 0 Å². The number of hydrogen-bond donors (Lipinski definition) is 1. The molecule has 104 valence electrons. The van der Waals surface area contributed by atoms with Gasteiger partial charge in [0.05, 0.1) is 18.5 Å². The van der Waals surface area contributed by atoms with Gasteiger partial charge < -0.3 is 4.89 Å². The number of halogens is 2. The lowest BCUT2D eigenvalue weighted by Gasteiger charge is -2.06. The van der Waals surface area contributed by atoms with Crippen LogP contribution in [0.3, 0.4) is 0 Å². The molecular formula is C10H21BrClO4P. The molecule has 0 aromatic heterocycles. The van der Waals surface area contributed by atoms with E-state index < -0.39 is 7.82 Å². The Morgan fingerprint density at radius 2 is 1.47 bits per heavy atom. The Hall–Kier alpha value is 0.880. The van der Waals surface area contributed by atoms with Gasteiger partial charge in [0, 0.05) is 5.33 Å². The molecule has 0 spiro atoms. The summed E-state index contributed by atoms with van der Waals surface area (Å²) in [6.07, 6.45) is 9.19. The Bertz CT molecular complexity index is 218. The molecule has 7 heteroatoms. The van der Waals surface area contributed by atoms with Crippen molar-refractivity contribution in [2.24, 2.45) is 0 Å². The van der Waals surface area contributed by atoms with E-state index in [4.69, 9.17) is 16.8 Å². The molecule has 0 aromatic carbocycles. The van der Waals surface area contributed by atoms with Crippen molar-refractivity contribution in [3.63, 3.8) is 0 Å². The van der Waals surface area contributed by atoms with Crippen LogP contribution in [0.25, 0.3) is 0 Å². The SMILES string of the molecule is O=P(O)(OCl)OCCCCCCCCCCBr. The summed E-state index contributed by atoms with van der Waals surface area (Å²) in [5.74, 6) is 0.